The summed E-state index contributed by atoms with van der Waals surface area (Å²) >= 11 is 0. The van der Waals surface area contributed by atoms with Crippen molar-refractivity contribution in [1.82, 2.24) is 36.8 Å². The number of ketones is 2. The SMILES string of the molecule is C=C(CCOCCOCCOCCNC(=O)CCCC(=O)Nc1ccc(CCC(=O)CC(C)=O)cc1)NCCCC[C@H]1C(=O)N[C@@H](CCCN=C(N)N)C(=O)NCC(=O)N[C@@H](CC(=O)O)C(=O)N[C@H](Cc2ccccc2)C(=O)N1C. The van der Waals surface area contributed by atoms with E-state index in [0.717, 1.165) is 5.56 Å². The number of aryl methyl sites for hydroxylation is 1. The first-order valence-corrected chi connectivity index (χ1v) is 26.9. The first kappa shape index (κ1) is 66.5. The minimum Gasteiger partial charge on any atom is -0.481 e. The lowest BCUT2D eigenvalue weighted by Gasteiger charge is -2.32. The molecule has 7 amide bonds. The number of aliphatic carboxylic acids is 1. The van der Waals surface area contributed by atoms with E-state index in [-0.39, 0.29) is 93.9 Å². The predicted molar refractivity (Wildman–Crippen MR) is 296 cm³/mol. The molecule has 12 N–H and O–H groups in total. The van der Waals surface area contributed by atoms with Crippen molar-refractivity contribution in [2.45, 2.75) is 121 Å². The summed E-state index contributed by atoms with van der Waals surface area (Å²) in [6.07, 6.45) is 2.55. The zero-order valence-corrected chi connectivity index (χ0v) is 46.0. The number of benzene rings is 2. The molecule has 3 rings (SSSR count). The van der Waals surface area contributed by atoms with Crippen molar-refractivity contribution in [2.75, 3.05) is 78.2 Å². The van der Waals surface area contributed by atoms with E-state index in [1.807, 2.05) is 12.1 Å². The normalized spacial score (nSPS) is 17.1. The number of hydrogen-bond donors (Lipinski definition) is 10. The maximum atomic E-state index is 14.4. The molecule has 0 spiro atoms. The standard InChI is InChI=1S/C55H81N11O14/c1-37(23-27-78-29-31-80-32-30-79-28-26-59-47(69)15-9-16-48(70)62-41-20-17-39(18-21-41)19-22-42(68)33-38(2)67)58-24-8-7-14-46-53(76)64-43(13-10-25-60-55(56)57)51(74)61-36-49(71)63-44(35-50(72)73)52(75)65-45(54(77)66(46)3)34-40-11-5-4-6-12-40/h4-6,11-12,17-18,20-21,43-46,58H,1,7-10,13-16,19,22-36H2,2-3H3,(H,59,69)(H,61,74)(H,62,70)(H,63,71)(H,64,76)(H,65,75)(H,72,73)(H4,56,57,60)/t43-,44-,45+,46-/m0/s1. The molecule has 0 saturated carbocycles. The van der Waals surface area contributed by atoms with Gasteiger partial charge in [0.15, 0.2) is 5.96 Å². The highest BCUT2D eigenvalue weighted by Crippen LogP contribution is 2.16. The van der Waals surface area contributed by atoms with E-state index in [1.165, 1.54) is 18.9 Å². The number of carbonyl (C=O) groups is 10. The molecule has 1 heterocycles. The minimum atomic E-state index is -1.60. The number of guanidine groups is 1. The molecule has 2 aromatic rings. The van der Waals surface area contributed by atoms with E-state index in [4.69, 9.17) is 25.7 Å². The summed E-state index contributed by atoms with van der Waals surface area (Å²) in [6.45, 7) is 7.70. The first-order chi connectivity index (χ1) is 38.3. The Kier molecular flexibility index (Phi) is 31.5. The highest BCUT2D eigenvalue weighted by atomic mass is 16.5. The van der Waals surface area contributed by atoms with Crippen molar-refractivity contribution in [2.24, 2.45) is 16.5 Å². The fourth-order valence-corrected chi connectivity index (χ4v) is 8.12. The number of carboxylic acids is 1. The third-order valence-corrected chi connectivity index (χ3v) is 12.4. The molecule has 25 nitrogen and oxygen atoms in total. The third-order valence-electron chi connectivity index (χ3n) is 12.4. The Morgan fingerprint density at radius 3 is 2.04 bits per heavy atom. The van der Waals surface area contributed by atoms with Crippen LogP contribution in [0.1, 0.15) is 95.1 Å². The summed E-state index contributed by atoms with van der Waals surface area (Å²) in [4.78, 5) is 133. The molecule has 440 valence electrons. The van der Waals surface area contributed by atoms with Crippen LogP contribution in [0.25, 0.3) is 0 Å². The van der Waals surface area contributed by atoms with E-state index in [2.05, 4.69) is 48.8 Å². The van der Waals surface area contributed by atoms with E-state index < -0.39 is 72.6 Å². The van der Waals surface area contributed by atoms with Crippen molar-refractivity contribution < 1.29 is 67.3 Å². The maximum Gasteiger partial charge on any atom is 0.305 e. The zero-order chi connectivity index (χ0) is 58.7. The molecular formula is C55H81N11O14. The molecule has 0 bridgehead atoms. The van der Waals surface area contributed by atoms with Gasteiger partial charge >= 0.3 is 5.97 Å². The van der Waals surface area contributed by atoms with E-state index in [9.17, 15) is 53.1 Å². The van der Waals surface area contributed by atoms with Gasteiger partial charge in [-0.25, -0.2) is 0 Å². The quantitative estimate of drug-likeness (QED) is 0.0190. The topological polar surface area (TPSA) is 370 Å². The van der Waals surface area contributed by atoms with Crippen molar-refractivity contribution in [1.29, 1.82) is 0 Å². The van der Waals surface area contributed by atoms with Crippen molar-refractivity contribution in [3.63, 3.8) is 0 Å². The number of nitrogens with zero attached hydrogens (tertiary/aromatic N) is 2. The maximum absolute atomic E-state index is 14.4. The van der Waals surface area contributed by atoms with Crippen LogP contribution >= 0.6 is 0 Å². The molecule has 80 heavy (non-hydrogen) atoms. The molecule has 0 radical (unpaired) electrons. The molecular weight excluding hydrogens is 1040 g/mol. The summed E-state index contributed by atoms with van der Waals surface area (Å²) < 4.78 is 16.8. The van der Waals surface area contributed by atoms with Crippen LogP contribution in [0, 0.1) is 0 Å². The number of amides is 7. The number of carboxylic acid groups (broad SMARTS) is 1. The summed E-state index contributed by atoms with van der Waals surface area (Å²) in [5, 5.41) is 28.5. The average molecular weight is 1120 g/mol. The van der Waals surface area contributed by atoms with Gasteiger partial charge in [0, 0.05) is 70.2 Å². The van der Waals surface area contributed by atoms with Gasteiger partial charge in [-0.05, 0) is 75.1 Å². The highest BCUT2D eigenvalue weighted by Gasteiger charge is 2.36. The van der Waals surface area contributed by atoms with Crippen LogP contribution in [0.4, 0.5) is 5.69 Å². The molecule has 1 aliphatic heterocycles. The number of unbranched alkanes of at least 4 members (excludes halogenated alkanes) is 1. The molecule has 1 aliphatic rings. The Labute approximate surface area is 466 Å². The number of carbonyl (C=O) groups excluding carboxylic acids is 9. The van der Waals surface area contributed by atoms with Crippen LogP contribution in [0.5, 0.6) is 0 Å². The van der Waals surface area contributed by atoms with Gasteiger partial charge in [0.05, 0.1) is 59.0 Å². The van der Waals surface area contributed by atoms with Crippen LogP contribution < -0.4 is 48.7 Å². The van der Waals surface area contributed by atoms with Crippen molar-refractivity contribution >= 4 is 70.5 Å². The number of aliphatic imine (C=N–C) groups is 1. The second-order valence-electron chi connectivity index (χ2n) is 19.1. The first-order valence-electron chi connectivity index (χ1n) is 26.9. The number of Topliss-reactive ketones (excluding diaryl/α,β-unsaturated/α-hetero) is 2. The van der Waals surface area contributed by atoms with Crippen LogP contribution in [0.2, 0.25) is 0 Å². The van der Waals surface area contributed by atoms with Gasteiger partial charge in [-0.2, -0.15) is 0 Å². The summed E-state index contributed by atoms with van der Waals surface area (Å²) in [5.41, 5.74) is 13.8. The number of hydrogen-bond acceptors (Lipinski definition) is 15. The fraction of sp³-hybridized carbons (Fsp3) is 0.545. The molecule has 25 heteroatoms. The van der Waals surface area contributed by atoms with E-state index in [1.54, 1.807) is 42.5 Å². The molecule has 0 unspecified atom stereocenters. The van der Waals surface area contributed by atoms with E-state index in [0.29, 0.717) is 95.2 Å². The summed E-state index contributed by atoms with van der Waals surface area (Å²) in [6, 6.07) is 10.7. The smallest absolute Gasteiger partial charge is 0.305 e. The third kappa shape index (κ3) is 28.7. The van der Waals surface area contributed by atoms with E-state index >= 15 is 0 Å². The molecule has 1 saturated heterocycles. The predicted octanol–water partition coefficient (Wildman–Crippen LogP) is 0.288. The number of nitrogens with one attached hydrogen (secondary N) is 7. The largest absolute Gasteiger partial charge is 0.481 e. The lowest BCUT2D eigenvalue weighted by molar-refractivity contribution is -0.143. The van der Waals surface area contributed by atoms with Crippen LogP contribution in [0.15, 0.2) is 71.9 Å². The average Bonchev–Trinajstić information content (AvgIpc) is 3.41. The molecule has 4 atom stereocenters. The second kappa shape index (κ2) is 37.9. The lowest BCUT2D eigenvalue weighted by atomic mass is 10.0. The fourth-order valence-electron chi connectivity index (χ4n) is 8.12. The molecule has 1 fully saturated rings. The number of anilines is 1. The lowest BCUT2D eigenvalue weighted by Crippen LogP contribution is -2.58. The van der Waals surface area contributed by atoms with Gasteiger partial charge in [0.1, 0.15) is 35.7 Å². The van der Waals surface area contributed by atoms with Gasteiger partial charge in [-0.1, -0.05) is 49.0 Å². The minimum absolute atomic E-state index is 0.0265. The number of nitrogens with two attached hydrogens (primary N) is 2. The van der Waals surface area contributed by atoms with Gasteiger partial charge in [0.2, 0.25) is 41.4 Å². The number of ether oxygens (including phenoxy) is 3. The zero-order valence-electron chi connectivity index (χ0n) is 46.0. The Bertz CT molecular complexity index is 2380. The summed E-state index contributed by atoms with van der Waals surface area (Å²) in [5.74, 6) is -6.10. The van der Waals surface area contributed by atoms with Crippen LogP contribution in [-0.2, 0) is 75.0 Å². The number of likely N-dealkylation sites (N-methyl/N-ethyl adjacent to an activating group) is 1. The van der Waals surface area contributed by atoms with Gasteiger partial charge in [-0.15, -0.1) is 0 Å². The highest BCUT2D eigenvalue weighted by molar-refractivity contribution is 5.99. The summed E-state index contributed by atoms with van der Waals surface area (Å²) in [7, 11) is 1.42. The Morgan fingerprint density at radius 1 is 0.700 bits per heavy atom. The molecule has 0 aliphatic carbocycles. The Balaban J connectivity index is 1.37. The Morgan fingerprint density at radius 2 is 1.36 bits per heavy atom. The van der Waals surface area contributed by atoms with Crippen molar-refractivity contribution in [3.05, 3.63) is 78.0 Å². The Hall–Kier alpha value is -7.77. The van der Waals surface area contributed by atoms with Gasteiger partial charge in [0.25, 0.3) is 0 Å². The molecule has 2 aromatic carbocycles. The van der Waals surface area contributed by atoms with Crippen LogP contribution in [0.3, 0.4) is 0 Å². The second-order valence-corrected chi connectivity index (χ2v) is 19.1. The van der Waals surface area contributed by atoms with Crippen LogP contribution in [-0.4, -0.2) is 172 Å². The van der Waals surface area contributed by atoms with Gasteiger partial charge in [-0.3, -0.25) is 52.9 Å². The monoisotopic (exact) mass is 1120 g/mol. The van der Waals surface area contributed by atoms with Crippen molar-refractivity contribution in [3.8, 4) is 0 Å². The van der Waals surface area contributed by atoms with Gasteiger partial charge < -0.3 is 72.9 Å². The number of rotatable bonds is 36. The molecule has 0 aromatic heterocycles.